The molecule has 1 aliphatic rings. The van der Waals surface area contributed by atoms with E-state index in [9.17, 15) is 0 Å². The molecule has 1 nitrogen and oxygen atoms in total. The van der Waals surface area contributed by atoms with Crippen LogP contribution >= 0.6 is 0 Å². The summed E-state index contributed by atoms with van der Waals surface area (Å²) in [6.07, 6.45) is 0. The lowest BCUT2D eigenvalue weighted by atomic mass is 10.2. The maximum Gasteiger partial charge on any atom is 0.183 e. The highest BCUT2D eigenvalue weighted by Gasteiger charge is 2.72. The third-order valence-electron chi connectivity index (χ3n) is 7.71. The summed E-state index contributed by atoms with van der Waals surface area (Å²) in [5.41, 5.74) is -0.173. The molecule has 0 spiro atoms. The van der Waals surface area contributed by atoms with Crippen LogP contribution in [0.5, 0.6) is 0 Å². The van der Waals surface area contributed by atoms with Gasteiger partial charge in [-0.3, -0.25) is 0 Å². The molecule has 5 rings (SSSR count). The van der Waals surface area contributed by atoms with Gasteiger partial charge >= 0.3 is 0 Å². The first-order valence-electron chi connectivity index (χ1n) is 12.3. The van der Waals surface area contributed by atoms with Crippen molar-refractivity contribution in [3.63, 3.8) is 0 Å². The smallest absolute Gasteiger partial charge is 0.183 e. The van der Waals surface area contributed by atoms with E-state index in [1.165, 1.54) is 10.4 Å². The fourth-order valence-corrected chi connectivity index (χ4v) is 51.0. The summed E-state index contributed by atoms with van der Waals surface area (Å²) < 4.78 is 7.32. The zero-order chi connectivity index (χ0) is 23.9. The van der Waals surface area contributed by atoms with Crippen molar-refractivity contribution in [2.75, 3.05) is 0 Å². The molecule has 1 saturated heterocycles. The maximum absolute atomic E-state index is 7.32. The molecule has 0 N–H and O–H groups in total. The van der Waals surface area contributed by atoms with Crippen molar-refractivity contribution in [3.8, 4) is 0 Å². The van der Waals surface area contributed by atoms with Gasteiger partial charge in [0.15, 0.2) is 7.83 Å². The molecular weight excluding hydrogens is 461 g/mol. The molecule has 0 unspecified atom stereocenters. The van der Waals surface area contributed by atoms with Gasteiger partial charge in [-0.15, -0.1) is 0 Å². The molecule has 0 amide bonds. The highest BCUT2D eigenvalue weighted by atomic mass is 29.6. The van der Waals surface area contributed by atoms with Gasteiger partial charge < -0.3 is 4.43 Å². The molecule has 1 heterocycles. The van der Waals surface area contributed by atoms with Gasteiger partial charge in [0.2, 0.25) is 0 Å². The standard InChI is InChI=1S/C30H34OSi3/c1-30(2)25-33(26-17-9-5-10-18-26,27-19-11-6-12-20-27)34(32(3,4)31-30,28-21-13-7-14-22-28)29-23-15-8-16-24-29/h5-24H,25H2,1-4H3. The van der Waals surface area contributed by atoms with Gasteiger partial charge in [-0.05, 0) is 33.0 Å². The summed E-state index contributed by atoms with van der Waals surface area (Å²) in [7, 11) is -7.14. The Morgan fingerprint density at radius 2 is 0.853 bits per heavy atom. The molecule has 172 valence electrons. The Kier molecular flexibility index (Phi) is 5.89. The van der Waals surface area contributed by atoms with E-state index in [1.54, 1.807) is 10.4 Å². The number of hydrogen-bond donors (Lipinski definition) is 0. The Balaban J connectivity index is 2.04. The van der Waals surface area contributed by atoms with Crippen LogP contribution in [-0.2, 0) is 4.43 Å². The number of benzene rings is 4. The monoisotopic (exact) mass is 494 g/mol. The van der Waals surface area contributed by atoms with Crippen molar-refractivity contribution in [2.24, 2.45) is 0 Å². The van der Waals surface area contributed by atoms with E-state index in [0.717, 1.165) is 6.04 Å². The van der Waals surface area contributed by atoms with E-state index < -0.39 is 22.5 Å². The fourth-order valence-electron chi connectivity index (χ4n) is 7.07. The van der Waals surface area contributed by atoms with Crippen LogP contribution in [0, 0.1) is 0 Å². The lowest BCUT2D eigenvalue weighted by Gasteiger charge is -2.63. The lowest BCUT2D eigenvalue weighted by molar-refractivity contribution is 0.123. The van der Waals surface area contributed by atoms with Crippen LogP contribution in [0.15, 0.2) is 121 Å². The van der Waals surface area contributed by atoms with Crippen molar-refractivity contribution in [1.82, 2.24) is 0 Å². The zero-order valence-electron chi connectivity index (χ0n) is 20.7. The quantitative estimate of drug-likeness (QED) is 0.374. The topological polar surface area (TPSA) is 9.23 Å². The Hall–Kier alpha value is -2.51. The molecule has 0 atom stereocenters. The molecule has 0 aliphatic carbocycles. The predicted octanol–water partition coefficient (Wildman–Crippen LogP) is 4.68. The minimum Gasteiger partial charge on any atom is -0.415 e. The lowest BCUT2D eigenvalue weighted by Crippen LogP contribution is -2.97. The van der Waals surface area contributed by atoms with Crippen LogP contribution in [0.3, 0.4) is 0 Å². The summed E-state index contributed by atoms with van der Waals surface area (Å²) in [6, 6.07) is 47.1. The second kappa shape index (κ2) is 8.61. The van der Waals surface area contributed by atoms with Gasteiger partial charge in [-0.25, -0.2) is 0 Å². The van der Waals surface area contributed by atoms with Crippen LogP contribution in [0.1, 0.15) is 13.8 Å². The van der Waals surface area contributed by atoms with Crippen molar-refractivity contribution in [2.45, 2.75) is 38.6 Å². The third kappa shape index (κ3) is 3.43. The van der Waals surface area contributed by atoms with Crippen LogP contribution in [-0.4, -0.2) is 28.1 Å². The third-order valence-corrected chi connectivity index (χ3v) is 42.8. The van der Waals surface area contributed by atoms with E-state index in [2.05, 4.69) is 148 Å². The molecule has 34 heavy (non-hydrogen) atoms. The SMILES string of the molecule is CC1(C)C[Si](c2ccccc2)(c2ccccc2)[Si](c2ccccc2)(c2ccccc2)[Si](C)(C)O1. The fraction of sp³-hybridized carbons (Fsp3) is 0.200. The maximum atomic E-state index is 7.32. The van der Waals surface area contributed by atoms with Gasteiger partial charge in [0.05, 0.1) is 0 Å². The van der Waals surface area contributed by atoms with Gasteiger partial charge in [0.1, 0.15) is 14.7 Å². The zero-order valence-corrected chi connectivity index (χ0v) is 23.7. The minimum absolute atomic E-state index is 0.173. The molecule has 0 bridgehead atoms. The first kappa shape index (κ1) is 23.2. The molecule has 1 aliphatic heterocycles. The van der Waals surface area contributed by atoms with E-state index in [1.807, 2.05) is 0 Å². The van der Waals surface area contributed by atoms with Gasteiger partial charge in [-0.1, -0.05) is 142 Å². The highest BCUT2D eigenvalue weighted by molar-refractivity contribution is 7.81. The Morgan fingerprint density at radius 3 is 1.21 bits per heavy atom. The Bertz CT molecular complexity index is 1160. The molecular formula is C30H34OSi3. The first-order valence-corrected chi connectivity index (χ1v) is 21.4. The van der Waals surface area contributed by atoms with Crippen LogP contribution in [0.25, 0.3) is 0 Å². The molecule has 0 radical (unpaired) electrons. The van der Waals surface area contributed by atoms with Crippen LogP contribution in [0.4, 0.5) is 0 Å². The van der Waals surface area contributed by atoms with E-state index in [4.69, 9.17) is 4.43 Å². The molecule has 4 aromatic carbocycles. The average Bonchev–Trinajstić information content (AvgIpc) is 2.85. The second-order valence-corrected chi connectivity index (χ2v) is 32.0. The van der Waals surface area contributed by atoms with Gasteiger partial charge in [0, 0.05) is 5.60 Å². The molecule has 1 fully saturated rings. The van der Waals surface area contributed by atoms with Gasteiger partial charge in [-0.2, -0.15) is 0 Å². The van der Waals surface area contributed by atoms with Gasteiger partial charge in [0.25, 0.3) is 0 Å². The summed E-state index contributed by atoms with van der Waals surface area (Å²) in [6.45, 7) is 9.72. The van der Waals surface area contributed by atoms with Crippen LogP contribution < -0.4 is 20.7 Å². The van der Waals surface area contributed by atoms with E-state index in [0.29, 0.717) is 0 Å². The molecule has 4 heteroatoms. The Morgan fingerprint density at radius 1 is 0.529 bits per heavy atom. The van der Waals surface area contributed by atoms with Crippen molar-refractivity contribution >= 4 is 43.3 Å². The van der Waals surface area contributed by atoms with Crippen molar-refractivity contribution < 1.29 is 4.43 Å². The van der Waals surface area contributed by atoms with Crippen LogP contribution in [0.2, 0.25) is 19.1 Å². The summed E-state index contributed by atoms with van der Waals surface area (Å²) >= 11 is 0. The normalized spacial score (nSPS) is 19.9. The molecule has 4 aromatic rings. The predicted molar refractivity (Wildman–Crippen MR) is 153 cm³/mol. The molecule has 0 aromatic heterocycles. The summed E-state index contributed by atoms with van der Waals surface area (Å²) in [4.78, 5) is 0. The van der Waals surface area contributed by atoms with Crippen molar-refractivity contribution in [1.29, 1.82) is 0 Å². The van der Waals surface area contributed by atoms with Crippen molar-refractivity contribution in [3.05, 3.63) is 121 Å². The molecule has 0 saturated carbocycles. The highest BCUT2D eigenvalue weighted by Crippen LogP contribution is 2.43. The first-order chi connectivity index (χ1) is 16.3. The summed E-state index contributed by atoms with van der Waals surface area (Å²) in [5.74, 6) is 0. The Labute approximate surface area is 207 Å². The summed E-state index contributed by atoms with van der Waals surface area (Å²) in [5, 5.41) is 6.18. The number of hydrogen-bond acceptors (Lipinski definition) is 1. The minimum atomic E-state index is -2.46. The van der Waals surface area contributed by atoms with E-state index >= 15 is 0 Å². The number of rotatable bonds is 4. The largest absolute Gasteiger partial charge is 0.415 e. The average molecular weight is 495 g/mol. The second-order valence-electron chi connectivity index (χ2n) is 10.7. The van der Waals surface area contributed by atoms with E-state index in [-0.39, 0.29) is 5.60 Å².